The van der Waals surface area contributed by atoms with Crippen molar-refractivity contribution in [3.05, 3.63) is 106 Å². The van der Waals surface area contributed by atoms with Crippen molar-refractivity contribution in [1.82, 2.24) is 14.7 Å². The summed E-state index contributed by atoms with van der Waals surface area (Å²) in [4.78, 5) is 15.4. The number of hydrogen-bond donors (Lipinski definition) is 0. The zero-order chi connectivity index (χ0) is 27.2. The minimum Gasteiger partial charge on any atom is -0.489 e. The summed E-state index contributed by atoms with van der Waals surface area (Å²) < 4.78 is 13.5. The number of rotatable bonds is 10. The van der Waals surface area contributed by atoms with Crippen molar-refractivity contribution in [3.63, 3.8) is 0 Å². The number of para-hydroxylation sites is 1. The van der Waals surface area contributed by atoms with Gasteiger partial charge in [-0.2, -0.15) is 5.10 Å². The van der Waals surface area contributed by atoms with Gasteiger partial charge in [-0.1, -0.05) is 65.9 Å². The van der Waals surface area contributed by atoms with E-state index in [1.54, 1.807) is 12.0 Å². The van der Waals surface area contributed by atoms with Crippen LogP contribution in [0.3, 0.4) is 0 Å². The van der Waals surface area contributed by atoms with Crippen LogP contribution in [0.1, 0.15) is 17.5 Å². The molecule has 2 heterocycles. The van der Waals surface area contributed by atoms with Crippen molar-refractivity contribution in [2.75, 3.05) is 20.3 Å². The van der Waals surface area contributed by atoms with Gasteiger partial charge < -0.3 is 9.47 Å². The third-order valence-electron chi connectivity index (χ3n) is 6.10. The molecule has 1 amide bonds. The van der Waals surface area contributed by atoms with E-state index >= 15 is 0 Å². The normalized spacial score (nSPS) is 14.4. The summed E-state index contributed by atoms with van der Waals surface area (Å²) in [7, 11) is 1.65. The summed E-state index contributed by atoms with van der Waals surface area (Å²) in [6.07, 6.45) is 4.54. The van der Waals surface area contributed by atoms with Crippen molar-refractivity contribution in [2.45, 2.75) is 13.0 Å². The lowest BCUT2D eigenvalue weighted by Crippen LogP contribution is -2.29. The van der Waals surface area contributed by atoms with Crippen LogP contribution < -0.4 is 4.74 Å². The second-order valence-electron chi connectivity index (χ2n) is 8.83. The Morgan fingerprint density at radius 1 is 1.03 bits per heavy atom. The molecule has 0 atom stereocenters. The Bertz CT molecular complexity index is 1490. The van der Waals surface area contributed by atoms with Crippen molar-refractivity contribution < 1.29 is 14.3 Å². The second kappa shape index (κ2) is 12.6. The lowest BCUT2D eigenvalue weighted by atomic mass is 10.1. The van der Waals surface area contributed by atoms with Gasteiger partial charge >= 0.3 is 0 Å². The Morgan fingerprint density at radius 3 is 2.49 bits per heavy atom. The van der Waals surface area contributed by atoms with E-state index in [0.29, 0.717) is 34.0 Å². The van der Waals surface area contributed by atoms with E-state index in [4.69, 9.17) is 38.4 Å². The van der Waals surface area contributed by atoms with E-state index < -0.39 is 0 Å². The van der Waals surface area contributed by atoms with Crippen LogP contribution in [0, 0.1) is 0 Å². The molecule has 1 aliphatic heterocycles. The summed E-state index contributed by atoms with van der Waals surface area (Å²) in [5.74, 6) is 0.653. The van der Waals surface area contributed by atoms with Crippen LogP contribution in [-0.4, -0.2) is 45.2 Å². The molecule has 9 heteroatoms. The number of carbonyl (C=O) groups is 1. The lowest BCUT2D eigenvalue weighted by molar-refractivity contribution is -0.122. The maximum absolute atomic E-state index is 13.1. The van der Waals surface area contributed by atoms with E-state index in [1.165, 1.54) is 11.8 Å². The highest BCUT2D eigenvalue weighted by atomic mass is 35.5. The zero-order valence-corrected chi connectivity index (χ0v) is 23.6. The number of nitrogens with zero attached hydrogens (tertiary/aromatic N) is 3. The molecule has 0 unspecified atom stereocenters. The summed E-state index contributed by atoms with van der Waals surface area (Å²) in [6.45, 7) is 1.55. The van der Waals surface area contributed by atoms with Gasteiger partial charge in [0.2, 0.25) is 0 Å². The Kier molecular flexibility index (Phi) is 8.78. The number of aromatic nitrogens is 2. The van der Waals surface area contributed by atoms with Gasteiger partial charge in [0.25, 0.3) is 5.91 Å². The summed E-state index contributed by atoms with van der Waals surface area (Å²) >= 11 is 12.8. The van der Waals surface area contributed by atoms with Crippen LogP contribution >= 0.6 is 35.6 Å². The van der Waals surface area contributed by atoms with Gasteiger partial charge in [-0.25, -0.2) is 4.68 Å². The zero-order valence-electron chi connectivity index (χ0n) is 21.2. The monoisotopic (exact) mass is 575 g/mol. The molecule has 5 rings (SSSR count). The number of ether oxygens (including phenoxy) is 2. The third kappa shape index (κ3) is 6.59. The smallest absolute Gasteiger partial charge is 0.266 e. The van der Waals surface area contributed by atoms with E-state index in [-0.39, 0.29) is 5.91 Å². The standard InChI is InChI=1S/C30H26ClN3O3S2/c1-36-17-5-16-33-29(35)27(39-30(33)38)18-23-19-34(25-6-3-2-4-7-25)32-28(23)22-10-14-26(15-11-22)37-20-21-8-12-24(31)13-9-21/h2-4,6-15,18-19H,5,16-17,20H2,1H3. The van der Waals surface area contributed by atoms with Crippen molar-refractivity contribution in [1.29, 1.82) is 0 Å². The molecule has 1 fully saturated rings. The Hall–Kier alpha value is -3.43. The molecule has 0 bridgehead atoms. The number of hydrogen-bond acceptors (Lipinski definition) is 6. The molecule has 0 spiro atoms. The number of benzene rings is 3. The van der Waals surface area contributed by atoms with Crippen LogP contribution in [0.15, 0.2) is 90.0 Å². The molecule has 0 radical (unpaired) electrons. The SMILES string of the molecule is COCCCN1C(=O)C(=Cc2cn(-c3ccccc3)nc2-c2ccc(OCc3ccc(Cl)cc3)cc2)SC1=S. The van der Waals surface area contributed by atoms with Crippen molar-refractivity contribution in [2.24, 2.45) is 0 Å². The Morgan fingerprint density at radius 2 is 1.77 bits per heavy atom. The summed E-state index contributed by atoms with van der Waals surface area (Å²) in [6, 6.07) is 25.3. The minimum atomic E-state index is -0.0922. The number of methoxy groups -OCH3 is 1. The molecule has 198 valence electrons. The highest BCUT2D eigenvalue weighted by Crippen LogP contribution is 2.35. The second-order valence-corrected chi connectivity index (χ2v) is 10.9. The molecule has 0 saturated carbocycles. The first-order valence-electron chi connectivity index (χ1n) is 12.4. The average molecular weight is 576 g/mol. The maximum Gasteiger partial charge on any atom is 0.266 e. The summed E-state index contributed by atoms with van der Waals surface area (Å²) in [5.41, 5.74) is 4.45. The molecular weight excluding hydrogens is 550 g/mol. The Labute approximate surface area is 242 Å². The molecule has 0 N–H and O–H groups in total. The highest BCUT2D eigenvalue weighted by molar-refractivity contribution is 8.26. The van der Waals surface area contributed by atoms with Gasteiger partial charge in [-0.15, -0.1) is 0 Å². The van der Waals surface area contributed by atoms with Gasteiger partial charge in [0.05, 0.1) is 16.3 Å². The number of halogens is 1. The fourth-order valence-electron chi connectivity index (χ4n) is 4.09. The van der Waals surface area contributed by atoms with E-state index in [2.05, 4.69) is 0 Å². The average Bonchev–Trinajstić information content (AvgIpc) is 3.50. The van der Waals surface area contributed by atoms with E-state index in [0.717, 1.165) is 40.2 Å². The molecule has 1 saturated heterocycles. The highest BCUT2D eigenvalue weighted by Gasteiger charge is 2.32. The quantitative estimate of drug-likeness (QED) is 0.115. The lowest BCUT2D eigenvalue weighted by Gasteiger charge is -2.13. The molecular formula is C30H26ClN3O3S2. The van der Waals surface area contributed by atoms with Gasteiger partial charge in [-0.05, 0) is 66.6 Å². The number of amides is 1. The minimum absolute atomic E-state index is 0.0922. The number of carbonyl (C=O) groups excluding carboxylic acids is 1. The largest absolute Gasteiger partial charge is 0.489 e. The van der Waals surface area contributed by atoms with Gasteiger partial charge in [0.15, 0.2) is 0 Å². The predicted molar refractivity (Wildman–Crippen MR) is 161 cm³/mol. The van der Waals surface area contributed by atoms with Crippen LogP contribution in [0.25, 0.3) is 23.0 Å². The van der Waals surface area contributed by atoms with Crippen LogP contribution in [0.4, 0.5) is 0 Å². The molecule has 3 aromatic carbocycles. The van der Waals surface area contributed by atoms with Crippen molar-refractivity contribution >= 4 is 51.9 Å². The topological polar surface area (TPSA) is 56.6 Å². The van der Waals surface area contributed by atoms with Gasteiger partial charge in [-0.3, -0.25) is 9.69 Å². The molecule has 0 aliphatic carbocycles. The maximum atomic E-state index is 13.1. The van der Waals surface area contributed by atoms with Gasteiger partial charge in [0, 0.05) is 42.6 Å². The molecule has 1 aromatic heterocycles. The first-order valence-corrected chi connectivity index (χ1v) is 14.0. The van der Waals surface area contributed by atoms with Gasteiger partial charge in [0.1, 0.15) is 16.7 Å². The Balaban J connectivity index is 1.41. The third-order valence-corrected chi connectivity index (χ3v) is 7.73. The fraction of sp³-hybridized carbons (Fsp3) is 0.167. The predicted octanol–water partition coefficient (Wildman–Crippen LogP) is 7.01. The van der Waals surface area contributed by atoms with Crippen LogP contribution in [0.5, 0.6) is 5.75 Å². The molecule has 39 heavy (non-hydrogen) atoms. The van der Waals surface area contributed by atoms with E-state index in [1.807, 2.05) is 95.8 Å². The van der Waals surface area contributed by atoms with E-state index in [9.17, 15) is 4.79 Å². The summed E-state index contributed by atoms with van der Waals surface area (Å²) in [5, 5.41) is 5.58. The first-order chi connectivity index (χ1) is 19.0. The van der Waals surface area contributed by atoms with Crippen LogP contribution in [-0.2, 0) is 16.1 Å². The number of thiocarbonyl (C=S) groups is 1. The van der Waals surface area contributed by atoms with Crippen LogP contribution in [0.2, 0.25) is 5.02 Å². The fourth-order valence-corrected chi connectivity index (χ4v) is 5.51. The molecule has 4 aromatic rings. The molecule has 1 aliphatic rings. The first kappa shape index (κ1) is 27.1. The molecule has 6 nitrogen and oxygen atoms in total. The van der Waals surface area contributed by atoms with Crippen molar-refractivity contribution in [3.8, 4) is 22.7 Å². The number of thioether (sulfide) groups is 1.